The minimum atomic E-state index is 0.238. The van der Waals surface area contributed by atoms with Crippen LogP contribution in [0.5, 0.6) is 11.5 Å². The molecule has 5 heteroatoms. The van der Waals surface area contributed by atoms with E-state index in [1.807, 2.05) is 24.3 Å². The molecule has 0 aliphatic rings. The second-order valence-electron chi connectivity index (χ2n) is 4.84. The highest BCUT2D eigenvalue weighted by atomic mass is 16.5. The van der Waals surface area contributed by atoms with Crippen LogP contribution in [0.15, 0.2) is 40.9 Å². The molecule has 0 unspecified atom stereocenters. The van der Waals surface area contributed by atoms with Gasteiger partial charge in [0.15, 0.2) is 6.61 Å². The fraction of sp³-hybridized carbons (Fsp3) is 0.250. The lowest BCUT2D eigenvalue weighted by Gasteiger charge is -2.05. The smallest absolute Gasteiger partial charge is 0.226 e. The molecule has 0 radical (unpaired) electrons. The molecule has 0 fully saturated rings. The minimum absolute atomic E-state index is 0.238. The predicted octanol–water partition coefficient (Wildman–Crippen LogP) is 3.46. The molecule has 0 bridgehead atoms. The summed E-state index contributed by atoms with van der Waals surface area (Å²) in [5.41, 5.74) is 0. The zero-order chi connectivity index (χ0) is 14.7. The summed E-state index contributed by atoms with van der Waals surface area (Å²) >= 11 is 0. The maximum atomic E-state index is 9.51. The van der Waals surface area contributed by atoms with Gasteiger partial charge >= 0.3 is 0 Å². The molecule has 0 saturated carbocycles. The van der Waals surface area contributed by atoms with Crippen LogP contribution in [0.4, 0.5) is 0 Å². The maximum absolute atomic E-state index is 9.51. The van der Waals surface area contributed by atoms with Crippen molar-refractivity contribution in [1.82, 2.24) is 10.1 Å². The normalized spacial score (nSPS) is 10.9. The van der Waals surface area contributed by atoms with Gasteiger partial charge in [0.25, 0.3) is 0 Å². The summed E-state index contributed by atoms with van der Waals surface area (Å²) in [5.74, 6) is 2.12. The molecule has 1 heterocycles. The lowest BCUT2D eigenvalue weighted by molar-refractivity contribution is 0.285. The number of aromatic nitrogens is 2. The van der Waals surface area contributed by atoms with Crippen LogP contribution in [-0.2, 0) is 13.0 Å². The van der Waals surface area contributed by atoms with Crippen LogP contribution in [-0.4, -0.2) is 15.2 Å². The number of phenolic OH excluding ortho intramolecular Hbond substituents is 1. The third-order valence-electron chi connectivity index (χ3n) is 3.14. The Labute approximate surface area is 122 Å². The summed E-state index contributed by atoms with van der Waals surface area (Å²) in [6, 6.07) is 10.9. The van der Waals surface area contributed by atoms with Gasteiger partial charge in [0.05, 0.1) is 0 Å². The molecule has 0 aliphatic carbocycles. The Balaban J connectivity index is 1.72. The van der Waals surface area contributed by atoms with Gasteiger partial charge in [0, 0.05) is 6.42 Å². The molecule has 5 nitrogen and oxygen atoms in total. The van der Waals surface area contributed by atoms with Crippen LogP contribution >= 0.6 is 0 Å². The Bertz CT molecular complexity index is 752. The molecule has 2 aromatic carbocycles. The highest BCUT2D eigenvalue weighted by molar-refractivity contribution is 5.85. The van der Waals surface area contributed by atoms with Crippen LogP contribution in [0.3, 0.4) is 0 Å². The second-order valence-corrected chi connectivity index (χ2v) is 4.84. The van der Waals surface area contributed by atoms with Gasteiger partial charge in [-0.25, -0.2) is 0 Å². The van der Waals surface area contributed by atoms with Crippen molar-refractivity contribution in [2.24, 2.45) is 0 Å². The summed E-state index contributed by atoms with van der Waals surface area (Å²) in [6.07, 6.45) is 1.75. The summed E-state index contributed by atoms with van der Waals surface area (Å²) in [5, 5.41) is 15.4. The van der Waals surface area contributed by atoms with Gasteiger partial charge in [0.2, 0.25) is 11.7 Å². The first-order valence-electron chi connectivity index (χ1n) is 6.91. The largest absolute Gasteiger partial charge is 0.508 e. The molecule has 108 valence electrons. The number of hydrogen-bond acceptors (Lipinski definition) is 5. The molecule has 0 spiro atoms. The van der Waals surface area contributed by atoms with Crippen LogP contribution < -0.4 is 4.74 Å². The molecule has 3 aromatic rings. The quantitative estimate of drug-likeness (QED) is 0.777. The Morgan fingerprint density at radius 2 is 2.00 bits per heavy atom. The van der Waals surface area contributed by atoms with E-state index in [1.54, 1.807) is 12.1 Å². The molecule has 21 heavy (non-hydrogen) atoms. The SMILES string of the molecule is CCCc1nc(COc2ccc3ccc(O)cc3c2)no1. The molecule has 0 amide bonds. The first-order valence-corrected chi connectivity index (χ1v) is 6.91. The Kier molecular flexibility index (Phi) is 3.73. The summed E-state index contributed by atoms with van der Waals surface area (Å²) < 4.78 is 10.8. The van der Waals surface area contributed by atoms with Crippen molar-refractivity contribution in [2.45, 2.75) is 26.4 Å². The third kappa shape index (κ3) is 3.13. The number of fused-ring (bicyclic) bond motifs is 1. The van der Waals surface area contributed by atoms with Gasteiger partial charge in [0.1, 0.15) is 11.5 Å². The zero-order valence-corrected chi connectivity index (χ0v) is 11.7. The standard InChI is InChI=1S/C16H16N2O3/c1-2-3-16-17-15(18-21-16)10-20-14-7-5-11-4-6-13(19)8-12(11)9-14/h4-9,19H,2-3,10H2,1H3. The summed E-state index contributed by atoms with van der Waals surface area (Å²) in [6.45, 7) is 2.32. The minimum Gasteiger partial charge on any atom is -0.508 e. The van der Waals surface area contributed by atoms with E-state index in [-0.39, 0.29) is 12.4 Å². The average molecular weight is 284 g/mol. The molecular formula is C16H16N2O3. The topological polar surface area (TPSA) is 68.4 Å². The van der Waals surface area contributed by atoms with E-state index >= 15 is 0 Å². The zero-order valence-electron chi connectivity index (χ0n) is 11.7. The van der Waals surface area contributed by atoms with Crippen molar-refractivity contribution in [3.05, 3.63) is 48.1 Å². The van der Waals surface area contributed by atoms with Crippen LogP contribution in [0, 0.1) is 0 Å². The van der Waals surface area contributed by atoms with Crippen molar-refractivity contribution in [2.75, 3.05) is 0 Å². The second kappa shape index (κ2) is 5.83. The van der Waals surface area contributed by atoms with Crippen molar-refractivity contribution >= 4 is 10.8 Å². The molecule has 0 atom stereocenters. The third-order valence-corrected chi connectivity index (χ3v) is 3.14. The van der Waals surface area contributed by atoms with Crippen molar-refractivity contribution in [1.29, 1.82) is 0 Å². The first-order chi connectivity index (χ1) is 10.2. The van der Waals surface area contributed by atoms with Gasteiger partial charge in [-0.3, -0.25) is 0 Å². The highest BCUT2D eigenvalue weighted by Crippen LogP contribution is 2.24. The van der Waals surface area contributed by atoms with Crippen molar-refractivity contribution in [3.8, 4) is 11.5 Å². The van der Waals surface area contributed by atoms with E-state index in [1.165, 1.54) is 0 Å². The van der Waals surface area contributed by atoms with Crippen LogP contribution in [0.25, 0.3) is 10.8 Å². The van der Waals surface area contributed by atoms with E-state index in [2.05, 4.69) is 17.1 Å². The van der Waals surface area contributed by atoms with Gasteiger partial charge < -0.3 is 14.4 Å². The number of phenols is 1. The fourth-order valence-electron chi connectivity index (χ4n) is 2.11. The van der Waals surface area contributed by atoms with E-state index < -0.39 is 0 Å². The molecule has 0 saturated heterocycles. The van der Waals surface area contributed by atoms with Gasteiger partial charge in [-0.05, 0) is 41.5 Å². The number of ether oxygens (including phenoxy) is 1. The molecule has 3 rings (SSSR count). The fourth-order valence-corrected chi connectivity index (χ4v) is 2.11. The van der Waals surface area contributed by atoms with Gasteiger partial charge in [-0.2, -0.15) is 4.98 Å². The molecule has 0 aliphatic heterocycles. The van der Waals surface area contributed by atoms with Crippen LogP contribution in [0.1, 0.15) is 25.1 Å². The van der Waals surface area contributed by atoms with Crippen molar-refractivity contribution in [3.63, 3.8) is 0 Å². The molecule has 1 aromatic heterocycles. The number of nitrogens with zero attached hydrogens (tertiary/aromatic N) is 2. The first kappa shape index (κ1) is 13.4. The van der Waals surface area contributed by atoms with E-state index in [9.17, 15) is 5.11 Å². The van der Waals surface area contributed by atoms with Crippen LogP contribution in [0.2, 0.25) is 0 Å². The number of aryl methyl sites for hydroxylation is 1. The number of aromatic hydroxyl groups is 1. The average Bonchev–Trinajstić information content (AvgIpc) is 2.93. The summed E-state index contributed by atoms with van der Waals surface area (Å²) in [4.78, 5) is 4.25. The number of hydrogen-bond donors (Lipinski definition) is 1. The maximum Gasteiger partial charge on any atom is 0.226 e. The van der Waals surface area contributed by atoms with Crippen molar-refractivity contribution < 1.29 is 14.4 Å². The monoisotopic (exact) mass is 284 g/mol. The lowest BCUT2D eigenvalue weighted by Crippen LogP contribution is -1.97. The van der Waals surface area contributed by atoms with E-state index in [0.29, 0.717) is 17.5 Å². The number of benzene rings is 2. The Morgan fingerprint density at radius 1 is 1.14 bits per heavy atom. The van der Waals surface area contributed by atoms with E-state index in [0.717, 1.165) is 23.6 Å². The summed E-state index contributed by atoms with van der Waals surface area (Å²) in [7, 11) is 0. The lowest BCUT2D eigenvalue weighted by atomic mass is 10.1. The van der Waals surface area contributed by atoms with E-state index in [4.69, 9.17) is 9.26 Å². The molecular weight excluding hydrogens is 268 g/mol. The van der Waals surface area contributed by atoms with Gasteiger partial charge in [-0.1, -0.05) is 24.2 Å². The number of rotatable bonds is 5. The van der Waals surface area contributed by atoms with Gasteiger partial charge in [-0.15, -0.1) is 0 Å². The highest BCUT2D eigenvalue weighted by Gasteiger charge is 2.06. The Morgan fingerprint density at radius 3 is 2.86 bits per heavy atom. The molecule has 1 N–H and O–H groups in total. The Hall–Kier alpha value is -2.56. The predicted molar refractivity (Wildman–Crippen MR) is 78.2 cm³/mol.